The molecule has 4 rings (SSSR count). The molecule has 170 valence electrons. The summed E-state index contributed by atoms with van der Waals surface area (Å²) in [6, 6.07) is 7.38. The van der Waals surface area contributed by atoms with Crippen LogP contribution in [0.15, 0.2) is 36.1 Å². The summed E-state index contributed by atoms with van der Waals surface area (Å²) >= 11 is 12.0. The molecule has 0 atom stereocenters. The molecule has 1 aliphatic heterocycles. The smallest absolute Gasteiger partial charge is 0.231 e. The third-order valence-electron chi connectivity index (χ3n) is 4.96. The standard InChI is InChI=1S/C23H11Cl2F5O3/c1-9-15(32-8-13-17(26)19(28)21(30)20(29)18(13)27)5-4-12-22(31)16(33-23(9)12)6-10-2-3-11(24)7-14(10)25/h2-7H,8H2,1H3/b16-6-. The number of benzene rings is 3. The number of allylic oxidation sites excluding steroid dienone is 1. The molecule has 0 saturated carbocycles. The molecule has 33 heavy (non-hydrogen) atoms. The number of fused-ring (bicyclic) bond motifs is 1. The Morgan fingerprint density at radius 3 is 2.21 bits per heavy atom. The van der Waals surface area contributed by atoms with Gasteiger partial charge in [0.15, 0.2) is 29.0 Å². The molecule has 0 saturated heterocycles. The molecule has 0 spiro atoms. The molecule has 3 aromatic carbocycles. The van der Waals surface area contributed by atoms with E-state index in [1.54, 1.807) is 12.1 Å². The average Bonchev–Trinajstić information content (AvgIpc) is 3.10. The first-order valence-corrected chi connectivity index (χ1v) is 10.0. The lowest BCUT2D eigenvalue weighted by molar-refractivity contribution is 0.101. The van der Waals surface area contributed by atoms with Gasteiger partial charge in [-0.15, -0.1) is 0 Å². The first-order valence-electron chi connectivity index (χ1n) is 9.26. The van der Waals surface area contributed by atoms with Crippen molar-refractivity contribution < 1.29 is 36.2 Å². The van der Waals surface area contributed by atoms with Crippen LogP contribution in [0.3, 0.4) is 0 Å². The second kappa shape index (κ2) is 8.68. The van der Waals surface area contributed by atoms with Crippen LogP contribution in [0.5, 0.6) is 11.5 Å². The fourth-order valence-electron chi connectivity index (χ4n) is 3.21. The summed E-state index contributed by atoms with van der Waals surface area (Å²) in [4.78, 5) is 12.7. The van der Waals surface area contributed by atoms with Crippen LogP contribution >= 0.6 is 23.2 Å². The zero-order valence-corrected chi connectivity index (χ0v) is 18.1. The number of carbonyl (C=O) groups is 1. The molecule has 1 heterocycles. The van der Waals surface area contributed by atoms with Crippen molar-refractivity contribution in [3.8, 4) is 11.5 Å². The maximum absolute atomic E-state index is 13.9. The molecule has 0 aromatic heterocycles. The van der Waals surface area contributed by atoms with Crippen molar-refractivity contribution in [2.45, 2.75) is 13.5 Å². The molecule has 0 radical (unpaired) electrons. The Balaban J connectivity index is 1.62. The molecule has 3 aromatic rings. The van der Waals surface area contributed by atoms with Crippen LogP contribution < -0.4 is 9.47 Å². The average molecular weight is 501 g/mol. The molecular formula is C23H11Cl2F5O3. The fraction of sp³-hybridized carbons (Fsp3) is 0.0870. The van der Waals surface area contributed by atoms with Gasteiger partial charge >= 0.3 is 0 Å². The Kier molecular flexibility index (Phi) is 6.07. The predicted molar refractivity (Wildman–Crippen MR) is 111 cm³/mol. The summed E-state index contributed by atoms with van der Waals surface area (Å²) in [7, 11) is 0. The number of Topliss-reactive ketones (excluding diaryl/α,β-unsaturated/α-hetero) is 1. The van der Waals surface area contributed by atoms with Gasteiger partial charge in [-0.1, -0.05) is 29.3 Å². The van der Waals surface area contributed by atoms with Gasteiger partial charge < -0.3 is 9.47 Å². The molecule has 0 fully saturated rings. The Hall–Kier alpha value is -3.10. The minimum absolute atomic E-state index is 0.0243. The van der Waals surface area contributed by atoms with E-state index in [-0.39, 0.29) is 28.4 Å². The quantitative estimate of drug-likeness (QED) is 0.164. The van der Waals surface area contributed by atoms with E-state index >= 15 is 0 Å². The number of hydrogen-bond donors (Lipinski definition) is 0. The summed E-state index contributed by atoms with van der Waals surface area (Å²) in [5.41, 5.74) is -0.151. The molecule has 0 aliphatic carbocycles. The van der Waals surface area contributed by atoms with Gasteiger partial charge in [-0.2, -0.15) is 0 Å². The van der Waals surface area contributed by atoms with Crippen LogP contribution in [-0.4, -0.2) is 5.78 Å². The van der Waals surface area contributed by atoms with Gasteiger partial charge in [-0.25, -0.2) is 22.0 Å². The fourth-order valence-corrected chi connectivity index (χ4v) is 3.67. The van der Waals surface area contributed by atoms with Crippen LogP contribution in [0.1, 0.15) is 27.0 Å². The molecule has 0 bridgehead atoms. The largest absolute Gasteiger partial charge is 0.488 e. The summed E-state index contributed by atoms with van der Waals surface area (Å²) in [5.74, 6) is -10.7. The maximum Gasteiger partial charge on any atom is 0.231 e. The predicted octanol–water partition coefficient (Wildman–Crippen LogP) is 7.19. The Bertz CT molecular complexity index is 1330. The third kappa shape index (κ3) is 4.05. The van der Waals surface area contributed by atoms with E-state index in [2.05, 4.69) is 0 Å². The van der Waals surface area contributed by atoms with Gasteiger partial charge in [-0.05, 0) is 42.8 Å². The van der Waals surface area contributed by atoms with Gasteiger partial charge in [0.05, 0.1) is 11.1 Å². The van der Waals surface area contributed by atoms with Crippen LogP contribution in [0.25, 0.3) is 6.08 Å². The molecular weight excluding hydrogens is 490 g/mol. The van der Waals surface area contributed by atoms with Gasteiger partial charge in [-0.3, -0.25) is 4.79 Å². The van der Waals surface area contributed by atoms with Crippen LogP contribution in [0.2, 0.25) is 10.0 Å². The number of hydrogen-bond acceptors (Lipinski definition) is 3. The van der Waals surface area contributed by atoms with Gasteiger partial charge in [0.25, 0.3) is 0 Å². The van der Waals surface area contributed by atoms with Crippen LogP contribution in [-0.2, 0) is 6.61 Å². The van der Waals surface area contributed by atoms with E-state index in [1.807, 2.05) is 0 Å². The Labute approximate surface area is 193 Å². The maximum atomic E-state index is 13.9. The number of ketones is 1. The minimum Gasteiger partial charge on any atom is -0.488 e. The summed E-state index contributed by atoms with van der Waals surface area (Å²) in [6.45, 7) is 0.570. The van der Waals surface area contributed by atoms with Gasteiger partial charge in [0.1, 0.15) is 18.1 Å². The van der Waals surface area contributed by atoms with E-state index < -0.39 is 47.0 Å². The Morgan fingerprint density at radius 2 is 1.58 bits per heavy atom. The molecule has 0 N–H and O–H groups in total. The highest BCUT2D eigenvalue weighted by molar-refractivity contribution is 6.35. The van der Waals surface area contributed by atoms with E-state index in [1.165, 1.54) is 31.2 Å². The highest BCUT2D eigenvalue weighted by Gasteiger charge is 2.31. The topological polar surface area (TPSA) is 35.5 Å². The van der Waals surface area contributed by atoms with E-state index in [4.69, 9.17) is 32.7 Å². The van der Waals surface area contributed by atoms with Crippen molar-refractivity contribution in [3.05, 3.63) is 97.5 Å². The third-order valence-corrected chi connectivity index (χ3v) is 5.52. The van der Waals surface area contributed by atoms with Gasteiger partial charge in [0, 0.05) is 15.6 Å². The highest BCUT2D eigenvalue weighted by Crippen LogP contribution is 2.40. The molecule has 0 unspecified atom stereocenters. The first-order chi connectivity index (χ1) is 15.6. The van der Waals surface area contributed by atoms with Crippen molar-refractivity contribution in [2.75, 3.05) is 0 Å². The SMILES string of the molecule is Cc1c(OCc2c(F)c(F)c(F)c(F)c2F)ccc2c1O/C(=C\c1ccc(Cl)cc1Cl)C2=O. The minimum atomic E-state index is -2.26. The zero-order chi connectivity index (χ0) is 24.0. The monoisotopic (exact) mass is 500 g/mol. The first kappa shape index (κ1) is 23.1. The summed E-state index contributed by atoms with van der Waals surface area (Å²) in [6.07, 6.45) is 1.43. The van der Waals surface area contributed by atoms with E-state index in [0.29, 0.717) is 15.6 Å². The van der Waals surface area contributed by atoms with E-state index in [0.717, 1.165) is 0 Å². The van der Waals surface area contributed by atoms with Crippen molar-refractivity contribution in [3.63, 3.8) is 0 Å². The zero-order valence-electron chi connectivity index (χ0n) is 16.5. The lowest BCUT2D eigenvalue weighted by Gasteiger charge is -2.13. The molecule has 0 amide bonds. The summed E-state index contributed by atoms with van der Waals surface area (Å²) < 4.78 is 78.8. The van der Waals surface area contributed by atoms with Crippen molar-refractivity contribution >= 4 is 35.1 Å². The number of rotatable bonds is 4. The second-order valence-electron chi connectivity index (χ2n) is 7.01. The van der Waals surface area contributed by atoms with E-state index in [9.17, 15) is 26.7 Å². The number of halogens is 7. The molecule has 1 aliphatic rings. The van der Waals surface area contributed by atoms with Crippen molar-refractivity contribution in [1.29, 1.82) is 0 Å². The Morgan fingerprint density at radius 1 is 0.939 bits per heavy atom. The van der Waals surface area contributed by atoms with Gasteiger partial charge in [0.2, 0.25) is 11.6 Å². The highest BCUT2D eigenvalue weighted by atomic mass is 35.5. The lowest BCUT2D eigenvalue weighted by Crippen LogP contribution is -2.10. The lowest BCUT2D eigenvalue weighted by atomic mass is 10.1. The second-order valence-corrected chi connectivity index (χ2v) is 7.85. The van der Waals surface area contributed by atoms with Crippen molar-refractivity contribution in [1.82, 2.24) is 0 Å². The van der Waals surface area contributed by atoms with Crippen LogP contribution in [0, 0.1) is 36.0 Å². The normalized spacial score (nSPS) is 13.9. The molecule has 3 nitrogen and oxygen atoms in total. The summed E-state index contributed by atoms with van der Waals surface area (Å²) in [5, 5.41) is 0.710. The van der Waals surface area contributed by atoms with Crippen molar-refractivity contribution in [2.24, 2.45) is 0 Å². The molecule has 10 heteroatoms. The number of ether oxygens (including phenoxy) is 2. The number of carbonyl (C=O) groups excluding carboxylic acids is 1. The van der Waals surface area contributed by atoms with Crippen LogP contribution in [0.4, 0.5) is 22.0 Å².